The highest BCUT2D eigenvalue weighted by Crippen LogP contribution is 2.44. The molecule has 1 saturated heterocycles. The zero-order valence-corrected chi connectivity index (χ0v) is 18.2. The molecule has 3 aliphatic rings. The van der Waals surface area contributed by atoms with Crippen LogP contribution in [0.5, 0.6) is 0 Å². The number of carbonyl (C=O) groups excluding carboxylic acids is 2. The molecule has 0 spiro atoms. The standard InChI is InChI=1S/C22H33N5O3/c1-21(2,3)30-20(29)25-17-7-12-27(13-15-5-6-15)14-16(17)18(28)26-22(8-9-22)19-23-10-4-11-24-19/h4,10-11,15-17H,5-9,12-14H2,1-3H3,(H,25,29)(H,26,28)/t16-,17-/m1/s1. The summed E-state index contributed by atoms with van der Waals surface area (Å²) in [7, 11) is 0. The minimum atomic E-state index is -0.572. The van der Waals surface area contributed by atoms with Gasteiger partial charge in [-0.2, -0.15) is 0 Å². The van der Waals surface area contributed by atoms with Crippen molar-refractivity contribution >= 4 is 12.0 Å². The third kappa shape index (κ3) is 5.28. The first kappa shape index (κ1) is 21.0. The van der Waals surface area contributed by atoms with E-state index >= 15 is 0 Å². The Hall–Kier alpha value is -2.22. The monoisotopic (exact) mass is 415 g/mol. The molecule has 0 bridgehead atoms. The maximum atomic E-state index is 13.4. The number of hydrogen-bond acceptors (Lipinski definition) is 6. The van der Waals surface area contributed by atoms with Crippen LogP contribution >= 0.6 is 0 Å². The molecule has 1 aromatic rings. The number of aromatic nitrogens is 2. The van der Waals surface area contributed by atoms with E-state index in [9.17, 15) is 9.59 Å². The molecule has 8 nitrogen and oxygen atoms in total. The Morgan fingerprint density at radius 1 is 1.20 bits per heavy atom. The van der Waals surface area contributed by atoms with E-state index in [1.54, 1.807) is 18.5 Å². The van der Waals surface area contributed by atoms with Gasteiger partial charge in [0.25, 0.3) is 0 Å². The summed E-state index contributed by atoms with van der Waals surface area (Å²) in [5.74, 6) is 1.06. The summed E-state index contributed by atoms with van der Waals surface area (Å²) in [6.45, 7) is 8.08. The highest BCUT2D eigenvalue weighted by atomic mass is 16.6. The number of ether oxygens (including phenoxy) is 1. The molecule has 164 valence electrons. The molecule has 0 radical (unpaired) electrons. The molecule has 1 aliphatic heterocycles. The number of carbonyl (C=O) groups is 2. The molecule has 3 fully saturated rings. The SMILES string of the molecule is CC(C)(C)OC(=O)N[C@@H]1CCN(CC2CC2)C[C@H]1C(=O)NC1(c2ncccn2)CC1. The smallest absolute Gasteiger partial charge is 0.407 e. The summed E-state index contributed by atoms with van der Waals surface area (Å²) in [5.41, 5.74) is -1.04. The van der Waals surface area contributed by atoms with Gasteiger partial charge in [0.15, 0.2) is 5.82 Å². The molecular formula is C22H33N5O3. The van der Waals surface area contributed by atoms with Gasteiger partial charge in [-0.25, -0.2) is 14.8 Å². The normalized spacial score (nSPS) is 26.0. The fourth-order valence-electron chi connectivity index (χ4n) is 4.15. The number of nitrogens with zero attached hydrogens (tertiary/aromatic N) is 3. The first-order valence-electron chi connectivity index (χ1n) is 11.1. The molecule has 2 heterocycles. The molecule has 2 saturated carbocycles. The summed E-state index contributed by atoms with van der Waals surface area (Å²) < 4.78 is 5.44. The van der Waals surface area contributed by atoms with Gasteiger partial charge in [0.1, 0.15) is 5.60 Å². The molecule has 30 heavy (non-hydrogen) atoms. The van der Waals surface area contributed by atoms with Crippen molar-refractivity contribution in [2.75, 3.05) is 19.6 Å². The zero-order chi connectivity index (χ0) is 21.4. The topological polar surface area (TPSA) is 96.5 Å². The van der Waals surface area contributed by atoms with E-state index in [2.05, 4.69) is 25.5 Å². The molecule has 2 aliphatic carbocycles. The quantitative estimate of drug-likeness (QED) is 0.739. The van der Waals surface area contributed by atoms with Crippen LogP contribution in [0.15, 0.2) is 18.5 Å². The average molecular weight is 416 g/mol. The minimum Gasteiger partial charge on any atom is -0.444 e. The Morgan fingerprint density at radius 2 is 1.90 bits per heavy atom. The van der Waals surface area contributed by atoms with Crippen LogP contribution in [0.1, 0.15) is 58.7 Å². The Morgan fingerprint density at radius 3 is 2.50 bits per heavy atom. The van der Waals surface area contributed by atoms with E-state index in [0.29, 0.717) is 12.4 Å². The van der Waals surface area contributed by atoms with Crippen LogP contribution < -0.4 is 10.6 Å². The first-order valence-corrected chi connectivity index (χ1v) is 11.1. The maximum Gasteiger partial charge on any atom is 0.407 e. The van der Waals surface area contributed by atoms with Gasteiger partial charge in [-0.1, -0.05) is 0 Å². The largest absolute Gasteiger partial charge is 0.444 e. The molecule has 8 heteroatoms. The van der Waals surface area contributed by atoms with Gasteiger partial charge in [0, 0.05) is 38.1 Å². The Kier molecular flexibility index (Phi) is 5.70. The number of piperidine rings is 1. The predicted octanol–water partition coefficient (Wildman–Crippen LogP) is 2.21. The predicted molar refractivity (Wildman–Crippen MR) is 112 cm³/mol. The van der Waals surface area contributed by atoms with Crippen molar-refractivity contribution in [2.24, 2.45) is 11.8 Å². The molecule has 4 rings (SSSR count). The molecular weight excluding hydrogens is 382 g/mol. The lowest BCUT2D eigenvalue weighted by molar-refractivity contribution is -0.128. The molecule has 2 amide bonds. The van der Waals surface area contributed by atoms with Crippen molar-refractivity contribution in [3.05, 3.63) is 24.3 Å². The number of rotatable bonds is 6. The molecule has 2 atom stereocenters. The fourth-order valence-corrected chi connectivity index (χ4v) is 4.15. The number of nitrogens with one attached hydrogen (secondary N) is 2. The van der Waals surface area contributed by atoms with Gasteiger partial charge in [0.2, 0.25) is 5.91 Å². The van der Waals surface area contributed by atoms with Crippen molar-refractivity contribution in [1.29, 1.82) is 0 Å². The van der Waals surface area contributed by atoms with E-state index in [-0.39, 0.29) is 17.9 Å². The van der Waals surface area contributed by atoms with Crippen molar-refractivity contribution < 1.29 is 14.3 Å². The zero-order valence-electron chi connectivity index (χ0n) is 18.2. The third-order valence-corrected chi connectivity index (χ3v) is 6.06. The summed E-state index contributed by atoms with van der Waals surface area (Å²) in [5, 5.41) is 6.17. The van der Waals surface area contributed by atoms with Crippen LogP contribution in [0, 0.1) is 11.8 Å². The Balaban J connectivity index is 1.44. The van der Waals surface area contributed by atoms with Crippen LogP contribution in [-0.4, -0.2) is 58.1 Å². The van der Waals surface area contributed by atoms with Crippen LogP contribution in [0.25, 0.3) is 0 Å². The van der Waals surface area contributed by atoms with E-state index in [4.69, 9.17) is 4.74 Å². The average Bonchev–Trinajstić information content (AvgIpc) is 3.59. The lowest BCUT2D eigenvalue weighted by atomic mass is 9.90. The second kappa shape index (κ2) is 8.13. The van der Waals surface area contributed by atoms with E-state index in [1.807, 2.05) is 20.8 Å². The second-order valence-corrected chi connectivity index (χ2v) is 9.99. The van der Waals surface area contributed by atoms with E-state index in [0.717, 1.165) is 38.3 Å². The number of hydrogen-bond donors (Lipinski definition) is 2. The summed E-state index contributed by atoms with van der Waals surface area (Å²) in [6, 6.07) is 1.53. The molecule has 0 unspecified atom stereocenters. The first-order chi connectivity index (χ1) is 14.2. The molecule has 0 aromatic carbocycles. The van der Waals surface area contributed by atoms with Crippen LogP contribution in [0.2, 0.25) is 0 Å². The Bertz CT molecular complexity index is 771. The third-order valence-electron chi connectivity index (χ3n) is 6.06. The fraction of sp³-hybridized carbons (Fsp3) is 0.727. The van der Waals surface area contributed by atoms with Crippen molar-refractivity contribution in [3.8, 4) is 0 Å². The lowest BCUT2D eigenvalue weighted by Gasteiger charge is -2.39. The Labute approximate surface area is 178 Å². The van der Waals surface area contributed by atoms with Crippen LogP contribution in [0.4, 0.5) is 4.79 Å². The number of amides is 2. The maximum absolute atomic E-state index is 13.4. The molecule has 1 aromatic heterocycles. The van der Waals surface area contributed by atoms with Gasteiger partial charge >= 0.3 is 6.09 Å². The van der Waals surface area contributed by atoms with Crippen molar-refractivity contribution in [3.63, 3.8) is 0 Å². The highest BCUT2D eigenvalue weighted by molar-refractivity contribution is 5.82. The van der Waals surface area contributed by atoms with Crippen molar-refractivity contribution in [2.45, 2.75) is 70.1 Å². The summed E-state index contributed by atoms with van der Waals surface area (Å²) in [4.78, 5) is 36.8. The number of alkyl carbamates (subject to hydrolysis) is 1. The van der Waals surface area contributed by atoms with Crippen LogP contribution in [0.3, 0.4) is 0 Å². The highest BCUT2D eigenvalue weighted by Gasteiger charge is 2.50. The summed E-state index contributed by atoms with van der Waals surface area (Å²) >= 11 is 0. The summed E-state index contributed by atoms with van der Waals surface area (Å²) in [6.07, 6.45) is 7.92. The lowest BCUT2D eigenvalue weighted by Crippen LogP contribution is -2.57. The minimum absolute atomic E-state index is 0.0403. The van der Waals surface area contributed by atoms with Crippen molar-refractivity contribution in [1.82, 2.24) is 25.5 Å². The van der Waals surface area contributed by atoms with Crippen LogP contribution in [-0.2, 0) is 15.1 Å². The molecule has 2 N–H and O–H groups in total. The van der Waals surface area contributed by atoms with Gasteiger partial charge in [-0.05, 0) is 64.9 Å². The van der Waals surface area contributed by atoms with Gasteiger partial charge < -0.3 is 20.3 Å². The van der Waals surface area contributed by atoms with Gasteiger partial charge in [-0.15, -0.1) is 0 Å². The second-order valence-electron chi connectivity index (χ2n) is 9.99. The number of likely N-dealkylation sites (tertiary alicyclic amines) is 1. The van der Waals surface area contributed by atoms with E-state index < -0.39 is 17.2 Å². The van der Waals surface area contributed by atoms with Gasteiger partial charge in [0.05, 0.1) is 11.5 Å². The van der Waals surface area contributed by atoms with E-state index in [1.165, 1.54) is 12.8 Å². The van der Waals surface area contributed by atoms with Gasteiger partial charge in [-0.3, -0.25) is 4.79 Å².